The van der Waals surface area contributed by atoms with Gasteiger partial charge in [0.1, 0.15) is 12.2 Å². The Bertz CT molecular complexity index is 221. The lowest BCUT2D eigenvalue weighted by molar-refractivity contribution is -0.221. The monoisotopic (exact) mass is 203 g/mol. The Hall–Kier alpha value is -0.200. The molecule has 0 aromatic rings. The van der Waals surface area contributed by atoms with Gasteiger partial charge in [0.15, 0.2) is 12.1 Å². The molecule has 5 nitrogen and oxygen atoms in total. The fourth-order valence-electron chi connectivity index (χ4n) is 1.96. The molecule has 0 aromatic heterocycles. The average Bonchev–Trinajstić information content (AvgIpc) is 2.42. The van der Waals surface area contributed by atoms with Gasteiger partial charge in [-0.2, -0.15) is 0 Å². The molecule has 0 spiro atoms. The molecule has 2 rings (SSSR count). The molecule has 5 heteroatoms. The lowest BCUT2D eigenvalue weighted by Gasteiger charge is -2.34. The molecule has 82 valence electrons. The van der Waals surface area contributed by atoms with Gasteiger partial charge in [-0.3, -0.25) is 0 Å². The zero-order chi connectivity index (χ0) is 10.3. The van der Waals surface area contributed by atoms with Crippen LogP contribution in [0.15, 0.2) is 0 Å². The summed E-state index contributed by atoms with van der Waals surface area (Å²) >= 11 is 0. The van der Waals surface area contributed by atoms with E-state index in [4.69, 9.17) is 24.7 Å². The van der Waals surface area contributed by atoms with Crippen LogP contribution in [0.3, 0.4) is 0 Å². The zero-order valence-electron chi connectivity index (χ0n) is 8.73. The minimum absolute atomic E-state index is 0.135. The van der Waals surface area contributed by atoms with Crippen LogP contribution in [0, 0.1) is 0 Å². The van der Waals surface area contributed by atoms with Crippen LogP contribution in [0.1, 0.15) is 13.8 Å². The average molecular weight is 203 g/mol. The van der Waals surface area contributed by atoms with Crippen molar-refractivity contribution in [2.45, 2.75) is 44.2 Å². The zero-order valence-corrected chi connectivity index (χ0v) is 8.73. The second kappa shape index (κ2) is 3.43. The van der Waals surface area contributed by atoms with Crippen LogP contribution in [0.2, 0.25) is 0 Å². The third-order valence-corrected chi connectivity index (χ3v) is 2.54. The molecule has 14 heavy (non-hydrogen) atoms. The summed E-state index contributed by atoms with van der Waals surface area (Å²) in [5.74, 6) is -0.600. The van der Waals surface area contributed by atoms with Gasteiger partial charge in [-0.15, -0.1) is 0 Å². The first kappa shape index (κ1) is 10.3. The second-order valence-electron chi connectivity index (χ2n) is 4.17. The molecular weight excluding hydrogens is 186 g/mol. The van der Waals surface area contributed by atoms with Crippen LogP contribution >= 0.6 is 0 Å². The van der Waals surface area contributed by atoms with E-state index in [1.54, 1.807) is 7.11 Å². The van der Waals surface area contributed by atoms with Crippen LogP contribution in [-0.4, -0.2) is 44.0 Å². The van der Waals surface area contributed by atoms with Gasteiger partial charge in [0.25, 0.3) is 0 Å². The largest absolute Gasteiger partial charge is 0.353 e. The summed E-state index contributed by atoms with van der Waals surface area (Å²) in [5, 5.41) is 0. The molecule has 2 heterocycles. The van der Waals surface area contributed by atoms with E-state index in [2.05, 4.69) is 0 Å². The SMILES string of the molecule is COC1OCC(N)C2OC(C)(C)OC12. The van der Waals surface area contributed by atoms with Crippen molar-refractivity contribution in [1.29, 1.82) is 0 Å². The molecule has 0 radical (unpaired) electrons. The number of hydrogen-bond donors (Lipinski definition) is 1. The van der Waals surface area contributed by atoms with Crippen LogP contribution in [0.5, 0.6) is 0 Å². The van der Waals surface area contributed by atoms with Crippen LogP contribution in [-0.2, 0) is 18.9 Å². The van der Waals surface area contributed by atoms with E-state index in [0.717, 1.165) is 0 Å². The molecule has 0 amide bonds. The molecule has 0 saturated carbocycles. The van der Waals surface area contributed by atoms with E-state index in [-0.39, 0.29) is 24.5 Å². The number of ether oxygens (including phenoxy) is 4. The molecule has 2 aliphatic rings. The minimum atomic E-state index is -0.600. The Balaban J connectivity index is 2.14. The lowest BCUT2D eigenvalue weighted by Crippen LogP contribution is -2.55. The van der Waals surface area contributed by atoms with Crippen molar-refractivity contribution in [3.05, 3.63) is 0 Å². The molecule has 0 aromatic carbocycles. The summed E-state index contributed by atoms with van der Waals surface area (Å²) < 4.78 is 21.9. The summed E-state index contributed by atoms with van der Waals surface area (Å²) in [7, 11) is 1.59. The van der Waals surface area contributed by atoms with Crippen molar-refractivity contribution in [3.8, 4) is 0 Å². The molecular formula is C9H17NO4. The van der Waals surface area contributed by atoms with E-state index >= 15 is 0 Å². The van der Waals surface area contributed by atoms with Crippen molar-refractivity contribution >= 4 is 0 Å². The maximum absolute atomic E-state index is 5.87. The van der Waals surface area contributed by atoms with Gasteiger partial charge in [0.2, 0.25) is 0 Å². The van der Waals surface area contributed by atoms with Gasteiger partial charge < -0.3 is 24.7 Å². The standard InChI is InChI=1S/C9H17NO4/c1-9(2)13-6-5(10)4-12-8(11-3)7(6)14-9/h5-8H,4,10H2,1-3H3. The summed E-state index contributed by atoms with van der Waals surface area (Å²) in [4.78, 5) is 0. The van der Waals surface area contributed by atoms with Crippen LogP contribution < -0.4 is 5.73 Å². The van der Waals surface area contributed by atoms with E-state index in [9.17, 15) is 0 Å². The Morgan fingerprint density at radius 3 is 2.57 bits per heavy atom. The first-order chi connectivity index (χ1) is 6.53. The van der Waals surface area contributed by atoms with Crippen LogP contribution in [0.4, 0.5) is 0 Å². The van der Waals surface area contributed by atoms with E-state index in [1.165, 1.54) is 0 Å². The van der Waals surface area contributed by atoms with Crippen molar-refractivity contribution in [3.63, 3.8) is 0 Å². The number of rotatable bonds is 1. The van der Waals surface area contributed by atoms with Gasteiger partial charge in [-0.1, -0.05) is 0 Å². The normalized spacial score (nSPS) is 46.3. The second-order valence-corrected chi connectivity index (χ2v) is 4.17. The van der Waals surface area contributed by atoms with Crippen molar-refractivity contribution < 1.29 is 18.9 Å². The maximum Gasteiger partial charge on any atom is 0.186 e. The molecule has 2 fully saturated rings. The highest BCUT2D eigenvalue weighted by molar-refractivity contribution is 4.93. The lowest BCUT2D eigenvalue weighted by atomic mass is 10.0. The predicted molar refractivity (Wildman–Crippen MR) is 48.5 cm³/mol. The van der Waals surface area contributed by atoms with Crippen molar-refractivity contribution in [2.75, 3.05) is 13.7 Å². The summed E-state index contributed by atoms with van der Waals surface area (Å²) in [6.45, 7) is 4.18. The first-order valence-corrected chi connectivity index (χ1v) is 4.79. The number of nitrogens with two attached hydrogens (primary N) is 1. The van der Waals surface area contributed by atoms with Crippen LogP contribution in [0.25, 0.3) is 0 Å². The Morgan fingerprint density at radius 1 is 1.29 bits per heavy atom. The van der Waals surface area contributed by atoms with E-state index in [0.29, 0.717) is 6.61 Å². The molecule has 2 saturated heterocycles. The number of fused-ring (bicyclic) bond motifs is 1. The molecule has 4 unspecified atom stereocenters. The molecule has 0 bridgehead atoms. The summed E-state index contributed by atoms with van der Waals surface area (Å²) in [5.41, 5.74) is 5.87. The highest BCUT2D eigenvalue weighted by Gasteiger charge is 2.51. The van der Waals surface area contributed by atoms with E-state index in [1.807, 2.05) is 13.8 Å². The molecule has 0 aliphatic carbocycles. The Labute approximate surface area is 83.4 Å². The predicted octanol–water partition coefficient (Wildman–Crippen LogP) is -0.163. The molecule has 2 N–H and O–H groups in total. The van der Waals surface area contributed by atoms with Gasteiger partial charge >= 0.3 is 0 Å². The quantitative estimate of drug-likeness (QED) is 0.641. The highest BCUT2D eigenvalue weighted by atomic mass is 16.8. The summed E-state index contributed by atoms with van der Waals surface area (Å²) in [6.07, 6.45) is -0.732. The maximum atomic E-state index is 5.87. The van der Waals surface area contributed by atoms with Gasteiger partial charge in [0.05, 0.1) is 12.6 Å². The molecule has 4 atom stereocenters. The number of methoxy groups -OCH3 is 1. The molecule has 2 aliphatic heterocycles. The Kier molecular flexibility index (Phi) is 2.53. The van der Waals surface area contributed by atoms with Crippen molar-refractivity contribution in [1.82, 2.24) is 0 Å². The van der Waals surface area contributed by atoms with Gasteiger partial charge in [0, 0.05) is 7.11 Å². The third kappa shape index (κ3) is 1.66. The first-order valence-electron chi connectivity index (χ1n) is 4.79. The Morgan fingerprint density at radius 2 is 1.93 bits per heavy atom. The highest BCUT2D eigenvalue weighted by Crippen LogP contribution is 2.34. The third-order valence-electron chi connectivity index (χ3n) is 2.54. The topological polar surface area (TPSA) is 62.9 Å². The van der Waals surface area contributed by atoms with Crippen molar-refractivity contribution in [2.24, 2.45) is 5.73 Å². The fourth-order valence-corrected chi connectivity index (χ4v) is 1.96. The number of hydrogen-bond acceptors (Lipinski definition) is 5. The van der Waals surface area contributed by atoms with Gasteiger partial charge in [-0.25, -0.2) is 0 Å². The minimum Gasteiger partial charge on any atom is -0.353 e. The van der Waals surface area contributed by atoms with E-state index < -0.39 is 5.79 Å². The summed E-state index contributed by atoms with van der Waals surface area (Å²) in [6, 6.07) is -0.145. The fraction of sp³-hybridized carbons (Fsp3) is 1.00. The van der Waals surface area contributed by atoms with Gasteiger partial charge in [-0.05, 0) is 13.8 Å². The smallest absolute Gasteiger partial charge is 0.186 e.